The molecule has 1 unspecified atom stereocenters. The topological polar surface area (TPSA) is 101 Å². The number of hydrogen-bond donors (Lipinski definition) is 2. The molecule has 2 aromatic rings. The number of hydrogen-bond acceptors (Lipinski definition) is 7. The molecule has 1 aromatic carbocycles. The second-order valence-electron chi connectivity index (χ2n) is 5.22. The molecule has 0 saturated heterocycles. The summed E-state index contributed by atoms with van der Waals surface area (Å²) in [7, 11) is -3.60. The first-order chi connectivity index (χ1) is 11.9. The minimum absolute atomic E-state index is 0.0103. The number of amides is 1. The fraction of sp³-hybridized carbons (Fsp3) is 0.400. The molecule has 0 bridgehead atoms. The van der Waals surface area contributed by atoms with Crippen LogP contribution in [0.15, 0.2) is 39.6 Å². The van der Waals surface area contributed by atoms with Crippen LogP contribution in [0.1, 0.15) is 26.7 Å². The average molecular weight is 401 g/mol. The Hall–Kier alpha value is -1.49. The van der Waals surface area contributed by atoms with Gasteiger partial charge in [0.1, 0.15) is 0 Å². The van der Waals surface area contributed by atoms with E-state index < -0.39 is 10.0 Å². The number of carbonyl (C=O) groups is 1. The number of aromatic nitrogens is 2. The van der Waals surface area contributed by atoms with Crippen molar-refractivity contribution in [2.24, 2.45) is 0 Å². The highest BCUT2D eigenvalue weighted by Gasteiger charge is 2.14. The Balaban J connectivity index is 1.79. The number of nitrogens with zero attached hydrogens (tertiary/aromatic N) is 2. The van der Waals surface area contributed by atoms with E-state index in [9.17, 15) is 13.2 Å². The fourth-order valence-corrected chi connectivity index (χ4v) is 4.79. The van der Waals surface area contributed by atoms with Crippen LogP contribution < -0.4 is 10.0 Å². The second kappa shape index (κ2) is 9.27. The van der Waals surface area contributed by atoms with E-state index in [4.69, 9.17) is 0 Å². The van der Waals surface area contributed by atoms with Crippen LogP contribution in [0.2, 0.25) is 0 Å². The van der Waals surface area contributed by atoms with Crippen LogP contribution in [0.5, 0.6) is 0 Å². The third-order valence-corrected chi connectivity index (χ3v) is 6.90. The zero-order chi connectivity index (χ0) is 18.3. The Morgan fingerprint density at radius 3 is 2.68 bits per heavy atom. The average Bonchev–Trinajstić information content (AvgIpc) is 3.02. The molecule has 1 heterocycles. The molecule has 0 saturated carbocycles. The second-order valence-corrected chi connectivity index (χ2v) is 9.65. The summed E-state index contributed by atoms with van der Waals surface area (Å²) in [5.74, 6) is -0.313. The normalized spacial score (nSPS) is 12.7. The Bertz CT molecular complexity index is 793. The van der Waals surface area contributed by atoms with Crippen molar-refractivity contribution in [3.63, 3.8) is 0 Å². The molecule has 0 fully saturated rings. The van der Waals surface area contributed by atoms with E-state index in [1.807, 2.05) is 0 Å². The summed E-state index contributed by atoms with van der Waals surface area (Å²) in [6.07, 6.45) is 1.03. The van der Waals surface area contributed by atoms with E-state index in [1.54, 1.807) is 30.0 Å². The quantitative estimate of drug-likeness (QED) is 0.496. The van der Waals surface area contributed by atoms with Gasteiger partial charge in [0.2, 0.25) is 21.1 Å². The van der Waals surface area contributed by atoms with Crippen molar-refractivity contribution < 1.29 is 13.2 Å². The van der Waals surface area contributed by atoms with Crippen LogP contribution in [-0.4, -0.2) is 36.3 Å². The van der Waals surface area contributed by atoms with Crippen LogP contribution in [-0.2, 0) is 14.8 Å². The standard InChI is InChI=1S/C15H20N4O3S3/c1-3-11(2)23-15-19-18-14(24-15)17-13(20)9-10-16-25(21,22)12-7-5-4-6-8-12/h4-8,11,16H,3,9-10H2,1-2H3,(H,17,18,20). The van der Waals surface area contributed by atoms with Gasteiger partial charge in [-0.1, -0.05) is 55.1 Å². The molecule has 7 nitrogen and oxygen atoms in total. The van der Waals surface area contributed by atoms with Gasteiger partial charge in [0.05, 0.1) is 4.90 Å². The third-order valence-electron chi connectivity index (χ3n) is 3.23. The summed E-state index contributed by atoms with van der Waals surface area (Å²) in [5.41, 5.74) is 0. The van der Waals surface area contributed by atoms with Gasteiger partial charge in [-0.3, -0.25) is 4.79 Å². The van der Waals surface area contributed by atoms with Gasteiger partial charge in [-0.05, 0) is 18.6 Å². The Morgan fingerprint density at radius 2 is 2.00 bits per heavy atom. The first-order valence-corrected chi connectivity index (χ1v) is 10.9. The molecule has 10 heteroatoms. The van der Waals surface area contributed by atoms with Crippen molar-refractivity contribution in [2.45, 2.75) is 41.2 Å². The number of rotatable bonds is 9. The van der Waals surface area contributed by atoms with Crippen molar-refractivity contribution in [1.29, 1.82) is 0 Å². The van der Waals surface area contributed by atoms with E-state index >= 15 is 0 Å². The molecule has 0 spiro atoms. The van der Waals surface area contributed by atoms with Gasteiger partial charge in [-0.2, -0.15) is 0 Å². The fourth-order valence-electron chi connectivity index (χ4n) is 1.73. The van der Waals surface area contributed by atoms with Gasteiger partial charge in [0, 0.05) is 18.2 Å². The van der Waals surface area contributed by atoms with Crippen molar-refractivity contribution >= 4 is 44.2 Å². The zero-order valence-electron chi connectivity index (χ0n) is 13.9. The number of benzene rings is 1. The van der Waals surface area contributed by atoms with Crippen LogP contribution >= 0.6 is 23.1 Å². The van der Waals surface area contributed by atoms with Crippen molar-refractivity contribution in [2.75, 3.05) is 11.9 Å². The van der Waals surface area contributed by atoms with E-state index in [1.165, 1.54) is 23.5 Å². The lowest BCUT2D eigenvalue weighted by Gasteiger charge is -2.06. The molecular formula is C15H20N4O3S3. The molecule has 0 aliphatic rings. The van der Waals surface area contributed by atoms with Crippen LogP contribution in [0.25, 0.3) is 0 Å². The number of anilines is 1. The van der Waals surface area contributed by atoms with Crippen LogP contribution in [0.4, 0.5) is 5.13 Å². The maximum Gasteiger partial charge on any atom is 0.240 e. The number of carbonyl (C=O) groups excluding carboxylic acids is 1. The number of thioether (sulfide) groups is 1. The first kappa shape index (κ1) is 19.8. The Labute approximate surface area is 155 Å². The van der Waals surface area contributed by atoms with Crippen LogP contribution in [0, 0.1) is 0 Å². The minimum Gasteiger partial charge on any atom is -0.300 e. The number of sulfonamides is 1. The molecule has 2 N–H and O–H groups in total. The largest absolute Gasteiger partial charge is 0.300 e. The highest BCUT2D eigenvalue weighted by molar-refractivity contribution is 8.01. The van der Waals surface area contributed by atoms with Gasteiger partial charge in [-0.25, -0.2) is 13.1 Å². The van der Waals surface area contributed by atoms with Crippen LogP contribution in [0.3, 0.4) is 0 Å². The lowest BCUT2D eigenvalue weighted by atomic mass is 10.4. The van der Waals surface area contributed by atoms with Crippen molar-refractivity contribution in [3.05, 3.63) is 30.3 Å². The Kier molecular flexibility index (Phi) is 7.36. The first-order valence-electron chi connectivity index (χ1n) is 7.75. The van der Waals surface area contributed by atoms with Gasteiger partial charge in [0.15, 0.2) is 4.34 Å². The summed E-state index contributed by atoms with van der Waals surface area (Å²) in [5, 5.41) is 11.4. The SMILES string of the molecule is CCC(C)Sc1nnc(NC(=O)CCNS(=O)(=O)c2ccccc2)s1. The predicted octanol–water partition coefficient (Wildman–Crippen LogP) is 2.74. The molecule has 136 valence electrons. The highest BCUT2D eigenvalue weighted by Crippen LogP contribution is 2.29. The summed E-state index contributed by atoms with van der Waals surface area (Å²) in [6, 6.07) is 8.03. The maximum atomic E-state index is 12.0. The summed E-state index contributed by atoms with van der Waals surface area (Å²) < 4.78 is 27.3. The monoisotopic (exact) mass is 400 g/mol. The predicted molar refractivity (Wildman–Crippen MR) is 100 cm³/mol. The molecule has 2 rings (SSSR count). The zero-order valence-corrected chi connectivity index (χ0v) is 16.4. The van der Waals surface area contributed by atoms with Gasteiger partial charge >= 0.3 is 0 Å². The maximum absolute atomic E-state index is 12.0. The van der Waals surface area contributed by atoms with E-state index in [2.05, 4.69) is 34.1 Å². The minimum atomic E-state index is -3.60. The van der Waals surface area contributed by atoms with Gasteiger partial charge in [-0.15, -0.1) is 10.2 Å². The lowest BCUT2D eigenvalue weighted by Crippen LogP contribution is -2.27. The third kappa shape index (κ3) is 6.38. The molecule has 1 amide bonds. The molecule has 0 aliphatic heterocycles. The van der Waals surface area contributed by atoms with Crippen molar-refractivity contribution in [1.82, 2.24) is 14.9 Å². The number of nitrogens with one attached hydrogen (secondary N) is 2. The Morgan fingerprint density at radius 1 is 1.28 bits per heavy atom. The summed E-state index contributed by atoms with van der Waals surface area (Å²) >= 11 is 2.92. The molecule has 0 radical (unpaired) electrons. The molecular weight excluding hydrogens is 380 g/mol. The van der Waals surface area contributed by atoms with Gasteiger partial charge < -0.3 is 5.32 Å². The van der Waals surface area contributed by atoms with E-state index in [0.29, 0.717) is 10.4 Å². The molecule has 25 heavy (non-hydrogen) atoms. The molecule has 0 aliphatic carbocycles. The summed E-state index contributed by atoms with van der Waals surface area (Å²) in [4.78, 5) is 12.1. The molecule has 1 aromatic heterocycles. The molecule has 1 atom stereocenters. The highest BCUT2D eigenvalue weighted by atomic mass is 32.2. The van der Waals surface area contributed by atoms with Gasteiger partial charge in [0.25, 0.3) is 0 Å². The van der Waals surface area contributed by atoms with E-state index in [-0.39, 0.29) is 23.8 Å². The lowest BCUT2D eigenvalue weighted by molar-refractivity contribution is -0.116. The smallest absolute Gasteiger partial charge is 0.240 e. The van der Waals surface area contributed by atoms with E-state index in [0.717, 1.165) is 10.8 Å². The summed E-state index contributed by atoms with van der Waals surface area (Å²) in [6.45, 7) is 4.21. The van der Waals surface area contributed by atoms with Crippen molar-refractivity contribution in [3.8, 4) is 0 Å².